The molecule has 0 aliphatic heterocycles. The van der Waals surface area contributed by atoms with Crippen molar-refractivity contribution in [1.29, 1.82) is 0 Å². The maximum atomic E-state index is 4.38. The van der Waals surface area contributed by atoms with Crippen LogP contribution in [0.25, 0.3) is 0 Å². The fourth-order valence-corrected chi connectivity index (χ4v) is 1.63. The molecule has 0 fully saturated rings. The summed E-state index contributed by atoms with van der Waals surface area (Å²) in [5, 5.41) is 0. The van der Waals surface area contributed by atoms with Crippen LogP contribution in [0.4, 0.5) is 5.69 Å². The van der Waals surface area contributed by atoms with Crippen LogP contribution < -0.4 is 4.90 Å². The van der Waals surface area contributed by atoms with E-state index in [1.165, 1.54) is 16.9 Å². The van der Waals surface area contributed by atoms with Crippen molar-refractivity contribution in [1.82, 2.24) is 4.98 Å². The Morgan fingerprint density at radius 1 is 1.23 bits per heavy atom. The zero-order chi connectivity index (χ0) is 9.84. The first kappa shape index (κ1) is 10.0. The van der Waals surface area contributed by atoms with E-state index in [-0.39, 0.29) is 0 Å². The molecule has 1 aromatic rings. The molecular formula is C11H18N2. The van der Waals surface area contributed by atoms with E-state index in [2.05, 4.69) is 43.9 Å². The molecule has 0 N–H and O–H groups in total. The summed E-state index contributed by atoms with van der Waals surface area (Å²) in [5.41, 5.74) is 3.91. The third kappa shape index (κ3) is 2.00. The predicted octanol–water partition coefficient (Wildman–Crippen LogP) is 2.27. The van der Waals surface area contributed by atoms with Crippen molar-refractivity contribution in [3.05, 3.63) is 23.5 Å². The van der Waals surface area contributed by atoms with Crippen molar-refractivity contribution in [2.75, 3.05) is 19.0 Å². The molecule has 0 spiro atoms. The average molecular weight is 178 g/mol. The second-order valence-corrected chi connectivity index (χ2v) is 3.36. The summed E-state index contributed by atoms with van der Waals surface area (Å²) < 4.78 is 0. The maximum Gasteiger partial charge on any atom is 0.0453 e. The van der Waals surface area contributed by atoms with E-state index in [0.29, 0.717) is 0 Å². The molecule has 0 bridgehead atoms. The van der Waals surface area contributed by atoms with Gasteiger partial charge in [-0.15, -0.1) is 0 Å². The fourth-order valence-electron chi connectivity index (χ4n) is 1.63. The van der Waals surface area contributed by atoms with Crippen LogP contribution >= 0.6 is 0 Å². The number of aromatic nitrogens is 1. The lowest BCUT2D eigenvalue weighted by atomic mass is 10.1. The lowest BCUT2D eigenvalue weighted by Gasteiger charge is -2.18. The first-order chi connectivity index (χ1) is 6.20. The molecule has 1 aromatic heterocycles. The Kier molecular flexibility index (Phi) is 3.29. The summed E-state index contributed by atoms with van der Waals surface area (Å²) in [6, 6.07) is 2.08. The van der Waals surface area contributed by atoms with Gasteiger partial charge in [0.2, 0.25) is 0 Å². The van der Waals surface area contributed by atoms with E-state index in [1.54, 1.807) is 0 Å². The minimum Gasteiger partial charge on any atom is -0.377 e. The molecule has 13 heavy (non-hydrogen) atoms. The van der Waals surface area contributed by atoms with Crippen molar-refractivity contribution in [3.63, 3.8) is 0 Å². The summed E-state index contributed by atoms with van der Waals surface area (Å²) in [4.78, 5) is 6.54. The lowest BCUT2D eigenvalue weighted by Crippen LogP contribution is -2.13. The number of nitrogens with zero attached hydrogens (tertiary/aromatic N) is 2. The quantitative estimate of drug-likeness (QED) is 0.706. The molecule has 1 rings (SSSR count). The SMILES string of the molecule is CCc1nccc(N(C)C)c1CC. The van der Waals surface area contributed by atoms with Gasteiger partial charge in [-0.3, -0.25) is 4.98 Å². The van der Waals surface area contributed by atoms with Crippen LogP contribution in [0.5, 0.6) is 0 Å². The zero-order valence-electron chi connectivity index (χ0n) is 8.96. The molecule has 0 unspecified atom stereocenters. The van der Waals surface area contributed by atoms with Gasteiger partial charge in [-0.25, -0.2) is 0 Å². The van der Waals surface area contributed by atoms with Crippen molar-refractivity contribution >= 4 is 5.69 Å². The number of aryl methyl sites for hydroxylation is 1. The normalized spacial score (nSPS) is 10.2. The van der Waals surface area contributed by atoms with E-state index in [1.807, 2.05) is 6.20 Å². The van der Waals surface area contributed by atoms with Gasteiger partial charge < -0.3 is 4.90 Å². The van der Waals surface area contributed by atoms with E-state index >= 15 is 0 Å². The van der Waals surface area contributed by atoms with Crippen LogP contribution in [0, 0.1) is 0 Å². The van der Waals surface area contributed by atoms with Crippen LogP contribution in [-0.4, -0.2) is 19.1 Å². The zero-order valence-corrected chi connectivity index (χ0v) is 8.96. The molecule has 1 heterocycles. The highest BCUT2D eigenvalue weighted by molar-refractivity contribution is 5.53. The molecule has 0 saturated heterocycles. The number of hydrogen-bond donors (Lipinski definition) is 0. The van der Waals surface area contributed by atoms with Crippen molar-refractivity contribution < 1.29 is 0 Å². The van der Waals surface area contributed by atoms with Gasteiger partial charge in [0.15, 0.2) is 0 Å². The van der Waals surface area contributed by atoms with Gasteiger partial charge >= 0.3 is 0 Å². The highest BCUT2D eigenvalue weighted by atomic mass is 15.1. The maximum absolute atomic E-state index is 4.38. The summed E-state index contributed by atoms with van der Waals surface area (Å²) in [6.45, 7) is 4.34. The Morgan fingerprint density at radius 2 is 1.92 bits per heavy atom. The topological polar surface area (TPSA) is 16.1 Å². The number of rotatable bonds is 3. The highest BCUT2D eigenvalue weighted by Gasteiger charge is 2.07. The molecule has 0 radical (unpaired) electrons. The Morgan fingerprint density at radius 3 is 2.38 bits per heavy atom. The standard InChI is InChI=1S/C11H18N2/c1-5-9-10(6-2)12-8-7-11(9)13(3)4/h7-8H,5-6H2,1-4H3. The van der Waals surface area contributed by atoms with Gasteiger partial charge in [0, 0.05) is 31.7 Å². The first-order valence-corrected chi connectivity index (χ1v) is 4.84. The largest absolute Gasteiger partial charge is 0.377 e. The van der Waals surface area contributed by atoms with Crippen LogP contribution in [-0.2, 0) is 12.8 Å². The number of pyridine rings is 1. The Labute approximate surface area is 80.6 Å². The Balaban J connectivity index is 3.19. The average Bonchev–Trinajstić information content (AvgIpc) is 2.16. The van der Waals surface area contributed by atoms with E-state index in [4.69, 9.17) is 0 Å². The van der Waals surface area contributed by atoms with Crippen molar-refractivity contribution in [2.45, 2.75) is 26.7 Å². The Hall–Kier alpha value is -1.05. The smallest absolute Gasteiger partial charge is 0.0453 e. The third-order valence-electron chi connectivity index (χ3n) is 2.29. The minimum atomic E-state index is 1.02. The third-order valence-corrected chi connectivity index (χ3v) is 2.29. The summed E-state index contributed by atoms with van der Waals surface area (Å²) >= 11 is 0. The summed E-state index contributed by atoms with van der Waals surface area (Å²) in [6.07, 6.45) is 3.97. The van der Waals surface area contributed by atoms with Gasteiger partial charge in [0.05, 0.1) is 0 Å². The molecule has 2 heteroatoms. The molecule has 2 nitrogen and oxygen atoms in total. The Bertz CT molecular complexity index is 279. The molecule has 0 aliphatic carbocycles. The number of hydrogen-bond acceptors (Lipinski definition) is 2. The minimum absolute atomic E-state index is 1.02. The van der Waals surface area contributed by atoms with Crippen LogP contribution in [0.1, 0.15) is 25.1 Å². The molecular weight excluding hydrogens is 160 g/mol. The summed E-state index contributed by atoms with van der Waals surface area (Å²) in [5.74, 6) is 0. The monoisotopic (exact) mass is 178 g/mol. The van der Waals surface area contributed by atoms with E-state index in [9.17, 15) is 0 Å². The van der Waals surface area contributed by atoms with Gasteiger partial charge in [0.25, 0.3) is 0 Å². The lowest BCUT2D eigenvalue weighted by molar-refractivity contribution is 0.946. The number of anilines is 1. The van der Waals surface area contributed by atoms with Crippen LogP contribution in [0.2, 0.25) is 0 Å². The molecule has 0 aliphatic rings. The van der Waals surface area contributed by atoms with Crippen molar-refractivity contribution in [3.8, 4) is 0 Å². The van der Waals surface area contributed by atoms with E-state index in [0.717, 1.165) is 12.8 Å². The van der Waals surface area contributed by atoms with Gasteiger partial charge in [0.1, 0.15) is 0 Å². The van der Waals surface area contributed by atoms with E-state index < -0.39 is 0 Å². The van der Waals surface area contributed by atoms with Gasteiger partial charge in [-0.2, -0.15) is 0 Å². The highest BCUT2D eigenvalue weighted by Crippen LogP contribution is 2.21. The van der Waals surface area contributed by atoms with Gasteiger partial charge in [-0.1, -0.05) is 13.8 Å². The fraction of sp³-hybridized carbons (Fsp3) is 0.545. The first-order valence-electron chi connectivity index (χ1n) is 4.84. The van der Waals surface area contributed by atoms with Crippen LogP contribution in [0.15, 0.2) is 12.3 Å². The molecule has 0 saturated carbocycles. The second kappa shape index (κ2) is 4.26. The summed E-state index contributed by atoms with van der Waals surface area (Å²) in [7, 11) is 4.15. The molecule has 0 atom stereocenters. The van der Waals surface area contributed by atoms with Gasteiger partial charge in [-0.05, 0) is 24.5 Å². The van der Waals surface area contributed by atoms with Crippen LogP contribution in [0.3, 0.4) is 0 Å². The molecule has 72 valence electrons. The second-order valence-electron chi connectivity index (χ2n) is 3.36. The molecule has 0 amide bonds. The van der Waals surface area contributed by atoms with Crippen molar-refractivity contribution in [2.24, 2.45) is 0 Å². The molecule has 0 aromatic carbocycles. The predicted molar refractivity (Wildman–Crippen MR) is 57.3 cm³/mol.